The van der Waals surface area contributed by atoms with E-state index in [2.05, 4.69) is 10.6 Å². The van der Waals surface area contributed by atoms with Gasteiger partial charge >= 0.3 is 0 Å². The molecule has 1 aliphatic rings. The van der Waals surface area contributed by atoms with Gasteiger partial charge in [0, 0.05) is 11.4 Å². The first-order chi connectivity index (χ1) is 8.69. The summed E-state index contributed by atoms with van der Waals surface area (Å²) >= 11 is 1.53. The van der Waals surface area contributed by atoms with Crippen molar-refractivity contribution in [2.45, 2.75) is 24.7 Å². The smallest absolute Gasteiger partial charge is 0.234 e. The Balaban J connectivity index is 2.04. The quantitative estimate of drug-likeness (QED) is 0.872. The Hall–Kier alpha value is -1.49. The molecule has 0 fully saturated rings. The van der Waals surface area contributed by atoms with Crippen molar-refractivity contribution < 1.29 is 9.59 Å². The van der Waals surface area contributed by atoms with Crippen LogP contribution in [0.4, 0.5) is 5.69 Å². The normalized spacial score (nSPS) is 13.7. The number of benzene rings is 1. The molecule has 1 heterocycles. The van der Waals surface area contributed by atoms with Crippen molar-refractivity contribution in [1.29, 1.82) is 0 Å². The van der Waals surface area contributed by atoms with Gasteiger partial charge in [-0.25, -0.2) is 0 Å². The van der Waals surface area contributed by atoms with Gasteiger partial charge in [0.1, 0.15) is 0 Å². The zero-order valence-electron chi connectivity index (χ0n) is 10.3. The third-order valence-corrected chi connectivity index (χ3v) is 3.69. The van der Waals surface area contributed by atoms with E-state index >= 15 is 0 Å². The number of nitrogens with one attached hydrogen (secondary N) is 2. The maximum Gasteiger partial charge on any atom is 0.234 e. The maximum atomic E-state index is 11.6. The van der Waals surface area contributed by atoms with Crippen LogP contribution in [0.3, 0.4) is 0 Å². The Morgan fingerprint density at radius 2 is 2.33 bits per heavy atom. The van der Waals surface area contributed by atoms with E-state index in [1.54, 1.807) is 0 Å². The van der Waals surface area contributed by atoms with Crippen LogP contribution < -0.4 is 10.6 Å². The van der Waals surface area contributed by atoms with Crippen molar-refractivity contribution in [2.24, 2.45) is 0 Å². The summed E-state index contributed by atoms with van der Waals surface area (Å²) in [7, 11) is 0. The fourth-order valence-electron chi connectivity index (χ4n) is 1.75. The van der Waals surface area contributed by atoms with Gasteiger partial charge in [-0.05, 0) is 24.1 Å². The van der Waals surface area contributed by atoms with Crippen LogP contribution in [-0.4, -0.2) is 24.1 Å². The average molecular weight is 264 g/mol. The Bertz CT molecular complexity index is 474. The van der Waals surface area contributed by atoms with Gasteiger partial charge in [0.05, 0.1) is 17.9 Å². The number of carbonyl (C=O) groups excluding carboxylic acids is 2. The number of rotatable bonds is 4. The second-order valence-electron chi connectivity index (χ2n) is 4.19. The molecule has 1 aromatic rings. The number of hydrogen-bond acceptors (Lipinski definition) is 3. The molecule has 2 N–H and O–H groups in total. The molecule has 0 unspecified atom stereocenters. The summed E-state index contributed by atoms with van der Waals surface area (Å²) in [6.07, 6.45) is 1.29. The topological polar surface area (TPSA) is 58.2 Å². The molecule has 18 heavy (non-hydrogen) atoms. The predicted octanol–water partition coefficient (Wildman–Crippen LogP) is 1.80. The Morgan fingerprint density at radius 1 is 1.50 bits per heavy atom. The van der Waals surface area contributed by atoms with E-state index in [9.17, 15) is 9.59 Å². The summed E-state index contributed by atoms with van der Waals surface area (Å²) in [6.45, 7) is 2.72. The number of amides is 2. The lowest BCUT2D eigenvalue weighted by Gasteiger charge is -2.17. The average Bonchev–Trinajstić information content (AvgIpc) is 2.36. The lowest BCUT2D eigenvalue weighted by atomic mass is 10.1. The molecule has 2 rings (SSSR count). The Labute approximate surface area is 111 Å². The van der Waals surface area contributed by atoms with Gasteiger partial charge in [-0.1, -0.05) is 13.0 Å². The van der Waals surface area contributed by atoms with E-state index in [1.807, 2.05) is 25.1 Å². The molecule has 0 spiro atoms. The van der Waals surface area contributed by atoms with E-state index in [0.717, 1.165) is 22.6 Å². The van der Waals surface area contributed by atoms with Crippen LogP contribution in [-0.2, 0) is 16.0 Å². The van der Waals surface area contributed by atoms with Crippen LogP contribution in [0.15, 0.2) is 23.1 Å². The van der Waals surface area contributed by atoms with Crippen LogP contribution in [0.25, 0.3) is 0 Å². The van der Waals surface area contributed by atoms with Crippen LogP contribution >= 0.6 is 11.8 Å². The molecule has 0 bridgehead atoms. The summed E-state index contributed by atoms with van der Waals surface area (Å²) in [6, 6.07) is 5.78. The first-order valence-corrected chi connectivity index (χ1v) is 7.00. The lowest BCUT2D eigenvalue weighted by Crippen LogP contribution is -2.25. The fraction of sp³-hybridized carbons (Fsp3) is 0.385. The molecule has 4 nitrogen and oxygen atoms in total. The molecule has 1 aromatic carbocycles. The molecule has 0 atom stereocenters. The monoisotopic (exact) mass is 264 g/mol. The predicted molar refractivity (Wildman–Crippen MR) is 72.8 cm³/mol. The third kappa shape index (κ3) is 3.26. The number of thioether (sulfide) groups is 1. The van der Waals surface area contributed by atoms with Gasteiger partial charge in [0.25, 0.3) is 0 Å². The van der Waals surface area contributed by atoms with E-state index in [4.69, 9.17) is 0 Å². The number of carbonyl (C=O) groups is 2. The summed E-state index contributed by atoms with van der Waals surface area (Å²) in [4.78, 5) is 24.0. The summed E-state index contributed by atoms with van der Waals surface area (Å²) in [5.41, 5.74) is 1.74. The molecule has 0 radical (unpaired) electrons. The molecular formula is C13H16N2O2S. The Kier molecular flexibility index (Phi) is 4.25. The molecule has 2 amide bonds. The minimum atomic E-state index is 0.0140. The second kappa shape index (κ2) is 5.91. The van der Waals surface area contributed by atoms with Crippen LogP contribution in [0.1, 0.15) is 18.9 Å². The Morgan fingerprint density at radius 3 is 3.11 bits per heavy atom. The molecule has 0 aliphatic carbocycles. The van der Waals surface area contributed by atoms with E-state index in [0.29, 0.717) is 18.7 Å². The number of fused-ring (bicyclic) bond motifs is 1. The second-order valence-corrected chi connectivity index (χ2v) is 5.21. The van der Waals surface area contributed by atoms with E-state index in [1.165, 1.54) is 11.8 Å². The van der Waals surface area contributed by atoms with Gasteiger partial charge in [0.2, 0.25) is 11.8 Å². The van der Waals surface area contributed by atoms with Crippen molar-refractivity contribution in [3.05, 3.63) is 23.8 Å². The maximum absolute atomic E-state index is 11.6. The summed E-state index contributed by atoms with van der Waals surface area (Å²) in [5, 5.41) is 5.66. The third-order valence-electron chi connectivity index (χ3n) is 2.61. The molecule has 0 saturated carbocycles. The lowest BCUT2D eigenvalue weighted by molar-refractivity contribution is -0.120. The van der Waals surface area contributed by atoms with Crippen molar-refractivity contribution in [1.82, 2.24) is 5.32 Å². The summed E-state index contributed by atoms with van der Waals surface area (Å²) in [5.74, 6) is 0.496. The van der Waals surface area contributed by atoms with Crippen LogP contribution in [0.5, 0.6) is 0 Å². The standard InChI is InChI=1S/C13H16N2O2S/c1-2-5-14-12(16)7-9-3-4-11-10(6-9)15-13(17)8-18-11/h3-4,6H,2,5,7-8H2,1H3,(H,14,16)(H,15,17). The van der Waals surface area contributed by atoms with E-state index < -0.39 is 0 Å². The first kappa shape index (κ1) is 13.0. The molecule has 0 aromatic heterocycles. The highest BCUT2D eigenvalue weighted by Gasteiger charge is 2.15. The van der Waals surface area contributed by atoms with Gasteiger partial charge in [-0.3, -0.25) is 9.59 Å². The largest absolute Gasteiger partial charge is 0.356 e. The van der Waals surface area contributed by atoms with Gasteiger partial charge in [-0.2, -0.15) is 0 Å². The van der Waals surface area contributed by atoms with Crippen molar-refractivity contribution in [2.75, 3.05) is 17.6 Å². The minimum absolute atomic E-state index is 0.0140. The minimum Gasteiger partial charge on any atom is -0.356 e. The molecule has 1 aliphatic heterocycles. The van der Waals surface area contributed by atoms with Crippen molar-refractivity contribution >= 4 is 29.3 Å². The zero-order valence-corrected chi connectivity index (χ0v) is 11.1. The van der Waals surface area contributed by atoms with Crippen molar-refractivity contribution in [3.63, 3.8) is 0 Å². The number of anilines is 1. The molecule has 5 heteroatoms. The molecule has 96 valence electrons. The summed E-state index contributed by atoms with van der Waals surface area (Å²) < 4.78 is 0. The fourth-order valence-corrected chi connectivity index (χ4v) is 2.54. The zero-order chi connectivity index (χ0) is 13.0. The SMILES string of the molecule is CCCNC(=O)Cc1ccc2c(c1)NC(=O)CS2. The first-order valence-electron chi connectivity index (χ1n) is 6.01. The van der Waals surface area contributed by atoms with Gasteiger partial charge in [0.15, 0.2) is 0 Å². The van der Waals surface area contributed by atoms with Crippen molar-refractivity contribution in [3.8, 4) is 0 Å². The highest BCUT2D eigenvalue weighted by atomic mass is 32.2. The van der Waals surface area contributed by atoms with Gasteiger partial charge < -0.3 is 10.6 Å². The highest BCUT2D eigenvalue weighted by Crippen LogP contribution is 2.31. The van der Waals surface area contributed by atoms with E-state index in [-0.39, 0.29) is 11.8 Å². The van der Waals surface area contributed by atoms with Gasteiger partial charge in [-0.15, -0.1) is 11.8 Å². The molecular weight excluding hydrogens is 248 g/mol. The number of hydrogen-bond donors (Lipinski definition) is 2. The van der Waals surface area contributed by atoms with Crippen LogP contribution in [0.2, 0.25) is 0 Å². The highest BCUT2D eigenvalue weighted by molar-refractivity contribution is 8.00. The molecule has 0 saturated heterocycles. The van der Waals surface area contributed by atoms with Crippen LogP contribution in [0, 0.1) is 0 Å².